The van der Waals surface area contributed by atoms with Crippen LogP contribution in [0.3, 0.4) is 0 Å². The molecule has 0 aliphatic carbocycles. The Morgan fingerprint density at radius 1 is 1.31 bits per heavy atom. The topological polar surface area (TPSA) is 57.0 Å². The van der Waals surface area contributed by atoms with Crippen molar-refractivity contribution in [2.45, 2.75) is 0 Å². The highest BCUT2D eigenvalue weighted by atomic mass is 16.5. The van der Waals surface area contributed by atoms with Crippen molar-refractivity contribution in [2.75, 3.05) is 7.11 Å². The van der Waals surface area contributed by atoms with Gasteiger partial charge in [0, 0.05) is 12.6 Å². The second kappa shape index (κ2) is 4.14. The van der Waals surface area contributed by atoms with Crippen molar-refractivity contribution in [1.82, 2.24) is 15.0 Å². The van der Waals surface area contributed by atoms with Crippen LogP contribution in [0.25, 0.3) is 11.3 Å². The van der Waals surface area contributed by atoms with E-state index >= 15 is 0 Å². The zero-order valence-corrected chi connectivity index (χ0v) is 9.04. The summed E-state index contributed by atoms with van der Waals surface area (Å²) in [6.07, 6.45) is 0.750. The lowest BCUT2D eigenvalue weighted by molar-refractivity contribution is 0.111. The molecule has 5 heteroatoms. The average molecular weight is 217 g/mol. The minimum absolute atomic E-state index is 0.463. The van der Waals surface area contributed by atoms with Gasteiger partial charge < -0.3 is 4.74 Å². The minimum Gasteiger partial charge on any atom is -0.497 e. The molecule has 2 aromatic rings. The van der Waals surface area contributed by atoms with Crippen LogP contribution in [-0.4, -0.2) is 28.4 Å². The zero-order valence-electron chi connectivity index (χ0n) is 9.04. The van der Waals surface area contributed by atoms with Gasteiger partial charge in [0.05, 0.1) is 7.11 Å². The number of carbonyl (C=O) groups excluding carboxylic acids is 1. The third-order valence-corrected chi connectivity index (χ3v) is 2.35. The molecule has 1 aromatic heterocycles. The molecule has 16 heavy (non-hydrogen) atoms. The first kappa shape index (κ1) is 10.4. The van der Waals surface area contributed by atoms with E-state index in [0.29, 0.717) is 11.4 Å². The molecule has 5 nitrogen and oxygen atoms in total. The second-order valence-corrected chi connectivity index (χ2v) is 3.29. The van der Waals surface area contributed by atoms with Gasteiger partial charge in [0.2, 0.25) is 0 Å². The van der Waals surface area contributed by atoms with E-state index in [1.165, 1.54) is 4.68 Å². The Morgan fingerprint density at radius 2 is 2.00 bits per heavy atom. The maximum absolute atomic E-state index is 10.9. The van der Waals surface area contributed by atoms with Crippen molar-refractivity contribution >= 4 is 6.29 Å². The van der Waals surface area contributed by atoms with Crippen LogP contribution in [-0.2, 0) is 7.05 Å². The quantitative estimate of drug-likeness (QED) is 0.727. The fourth-order valence-electron chi connectivity index (χ4n) is 1.45. The van der Waals surface area contributed by atoms with Gasteiger partial charge in [0.25, 0.3) is 0 Å². The lowest BCUT2D eigenvalue weighted by Gasteiger charge is -2.01. The third-order valence-electron chi connectivity index (χ3n) is 2.35. The smallest absolute Gasteiger partial charge is 0.170 e. The molecule has 0 unspecified atom stereocenters. The summed E-state index contributed by atoms with van der Waals surface area (Å²) in [7, 11) is 3.29. The highest BCUT2D eigenvalue weighted by Gasteiger charge is 2.11. The highest BCUT2D eigenvalue weighted by molar-refractivity contribution is 5.83. The van der Waals surface area contributed by atoms with Crippen molar-refractivity contribution in [3.8, 4) is 17.0 Å². The van der Waals surface area contributed by atoms with Gasteiger partial charge in [-0.2, -0.15) is 0 Å². The standard InChI is InChI=1S/C11H11N3O2/c1-14-10(7-15)11(12-13-14)8-3-5-9(16-2)6-4-8/h3-7H,1-2H3. The molecular formula is C11H11N3O2. The molecule has 0 fully saturated rings. The zero-order chi connectivity index (χ0) is 11.5. The largest absolute Gasteiger partial charge is 0.497 e. The van der Waals surface area contributed by atoms with Crippen molar-refractivity contribution < 1.29 is 9.53 Å². The summed E-state index contributed by atoms with van der Waals surface area (Å²) in [5.41, 5.74) is 1.89. The van der Waals surface area contributed by atoms with Gasteiger partial charge in [-0.3, -0.25) is 4.79 Å². The molecule has 0 aliphatic rings. The molecule has 0 N–H and O–H groups in total. The monoisotopic (exact) mass is 217 g/mol. The molecular weight excluding hydrogens is 206 g/mol. The van der Waals surface area contributed by atoms with Gasteiger partial charge >= 0.3 is 0 Å². The molecule has 1 heterocycles. The Labute approximate surface area is 92.7 Å². The molecule has 2 rings (SSSR count). The first-order valence-electron chi connectivity index (χ1n) is 4.75. The summed E-state index contributed by atoms with van der Waals surface area (Å²) in [5.74, 6) is 0.764. The van der Waals surface area contributed by atoms with Crippen LogP contribution in [0.1, 0.15) is 10.5 Å². The van der Waals surface area contributed by atoms with E-state index in [4.69, 9.17) is 4.74 Å². The summed E-state index contributed by atoms with van der Waals surface area (Å²) in [6, 6.07) is 7.32. The molecule has 0 saturated carbocycles. The Bertz CT molecular complexity index is 502. The number of hydrogen-bond acceptors (Lipinski definition) is 4. The van der Waals surface area contributed by atoms with E-state index in [0.717, 1.165) is 17.6 Å². The fourth-order valence-corrected chi connectivity index (χ4v) is 1.45. The van der Waals surface area contributed by atoms with Crippen molar-refractivity contribution in [1.29, 1.82) is 0 Å². The number of ether oxygens (including phenoxy) is 1. The normalized spacial score (nSPS) is 10.1. The van der Waals surface area contributed by atoms with Gasteiger partial charge in [0.1, 0.15) is 17.1 Å². The van der Waals surface area contributed by atoms with Gasteiger partial charge in [0.15, 0.2) is 6.29 Å². The van der Waals surface area contributed by atoms with E-state index in [2.05, 4.69) is 10.3 Å². The van der Waals surface area contributed by atoms with Crippen LogP contribution in [0.4, 0.5) is 0 Å². The molecule has 0 amide bonds. The van der Waals surface area contributed by atoms with E-state index in [1.807, 2.05) is 24.3 Å². The summed E-state index contributed by atoms with van der Waals surface area (Å²) >= 11 is 0. The van der Waals surface area contributed by atoms with Gasteiger partial charge in [-0.1, -0.05) is 5.21 Å². The van der Waals surface area contributed by atoms with Crippen molar-refractivity contribution in [3.63, 3.8) is 0 Å². The van der Waals surface area contributed by atoms with E-state index < -0.39 is 0 Å². The lowest BCUT2D eigenvalue weighted by atomic mass is 10.1. The van der Waals surface area contributed by atoms with E-state index in [-0.39, 0.29) is 0 Å². The SMILES string of the molecule is COc1ccc(-c2nnn(C)c2C=O)cc1. The van der Waals surface area contributed by atoms with Gasteiger partial charge in [-0.05, 0) is 24.3 Å². The van der Waals surface area contributed by atoms with Crippen LogP contribution in [0, 0.1) is 0 Å². The minimum atomic E-state index is 0.463. The first-order chi connectivity index (χ1) is 7.76. The van der Waals surface area contributed by atoms with E-state index in [9.17, 15) is 4.79 Å². The van der Waals surface area contributed by atoms with Crippen LogP contribution >= 0.6 is 0 Å². The Kier molecular flexibility index (Phi) is 2.68. The summed E-state index contributed by atoms with van der Waals surface area (Å²) < 4.78 is 6.51. The van der Waals surface area contributed by atoms with Crippen LogP contribution in [0.15, 0.2) is 24.3 Å². The molecule has 0 spiro atoms. The molecule has 1 aromatic carbocycles. The van der Waals surface area contributed by atoms with Gasteiger partial charge in [-0.25, -0.2) is 4.68 Å². The number of rotatable bonds is 3. The second-order valence-electron chi connectivity index (χ2n) is 3.29. The number of benzene rings is 1. The predicted octanol–water partition coefficient (Wildman–Crippen LogP) is 1.30. The van der Waals surface area contributed by atoms with Crippen LogP contribution in [0.5, 0.6) is 5.75 Å². The summed E-state index contributed by atoms with van der Waals surface area (Å²) in [5, 5.41) is 7.76. The fraction of sp³-hybridized carbons (Fsp3) is 0.182. The number of aldehydes is 1. The van der Waals surface area contributed by atoms with Crippen molar-refractivity contribution in [2.24, 2.45) is 7.05 Å². The first-order valence-corrected chi connectivity index (χ1v) is 4.75. The molecule has 0 radical (unpaired) electrons. The molecule has 0 saturated heterocycles. The Hall–Kier alpha value is -2.17. The average Bonchev–Trinajstić information content (AvgIpc) is 2.70. The van der Waals surface area contributed by atoms with Crippen LogP contribution in [0.2, 0.25) is 0 Å². The maximum atomic E-state index is 10.9. The Morgan fingerprint density at radius 3 is 2.56 bits per heavy atom. The summed E-state index contributed by atoms with van der Waals surface area (Å²) in [6.45, 7) is 0. The highest BCUT2D eigenvalue weighted by Crippen LogP contribution is 2.22. The lowest BCUT2D eigenvalue weighted by Crippen LogP contribution is -1.97. The third kappa shape index (κ3) is 1.67. The molecule has 0 bridgehead atoms. The van der Waals surface area contributed by atoms with Gasteiger partial charge in [-0.15, -0.1) is 5.10 Å². The predicted molar refractivity (Wildman–Crippen MR) is 58.4 cm³/mol. The number of hydrogen-bond donors (Lipinski definition) is 0. The molecule has 82 valence electrons. The van der Waals surface area contributed by atoms with E-state index in [1.54, 1.807) is 14.2 Å². The van der Waals surface area contributed by atoms with Crippen molar-refractivity contribution in [3.05, 3.63) is 30.0 Å². The number of methoxy groups -OCH3 is 1. The molecule has 0 atom stereocenters. The van der Waals surface area contributed by atoms with Crippen LogP contribution < -0.4 is 4.74 Å². The number of aromatic nitrogens is 3. The number of aryl methyl sites for hydroxylation is 1. The number of carbonyl (C=O) groups is 1. The summed E-state index contributed by atoms with van der Waals surface area (Å²) in [4.78, 5) is 10.9. The Balaban J connectivity index is 2.46. The maximum Gasteiger partial charge on any atom is 0.170 e. The molecule has 0 aliphatic heterocycles. The number of nitrogens with zero attached hydrogens (tertiary/aromatic N) is 3.